The topological polar surface area (TPSA) is 61.9 Å². The minimum absolute atomic E-state index is 0.208. The molecule has 0 spiro atoms. The molecule has 0 aromatic heterocycles. The minimum Gasteiger partial charge on any atom is -0.497 e. The summed E-state index contributed by atoms with van der Waals surface area (Å²) < 4.78 is 5.23. The first kappa shape index (κ1) is 22.4. The number of benzene rings is 3. The maximum Gasteiger partial charge on any atom is 0.282 e. The number of carbonyl (C=O) groups excluding carboxylic acids is 2. The van der Waals surface area contributed by atoms with Gasteiger partial charge >= 0.3 is 0 Å². The third-order valence-corrected chi connectivity index (χ3v) is 5.94. The number of rotatable bonds is 6. The lowest BCUT2D eigenvalue weighted by Gasteiger charge is -2.16. The minimum atomic E-state index is -0.442. The first-order chi connectivity index (χ1) is 15.8. The first-order valence-electron chi connectivity index (χ1n) is 10.4. The second-order valence-electron chi connectivity index (χ2n) is 7.92. The zero-order valence-electron chi connectivity index (χ0n) is 18.8. The van der Waals surface area contributed by atoms with E-state index in [2.05, 4.69) is 5.32 Å². The van der Waals surface area contributed by atoms with E-state index in [1.165, 1.54) is 0 Å². The normalized spacial score (nSPS) is 13.5. The van der Waals surface area contributed by atoms with Crippen LogP contribution < -0.4 is 19.9 Å². The summed E-state index contributed by atoms with van der Waals surface area (Å²) in [6.07, 6.45) is 0. The number of halogens is 1. The van der Waals surface area contributed by atoms with Crippen LogP contribution in [0.4, 0.5) is 17.1 Å². The number of nitrogens with zero attached hydrogens (tertiary/aromatic N) is 2. The third-order valence-electron chi connectivity index (χ3n) is 5.53. The number of hydrogen-bond acceptors (Lipinski definition) is 5. The SMILES string of the molecule is COc1ccc(C2=C(Nc3ccc(N(C)C)cc3)C(=O)N(c3ccc(C)c(Cl)c3)C2=O)cc1. The molecule has 0 atom stereocenters. The molecule has 6 nitrogen and oxygen atoms in total. The van der Waals surface area contributed by atoms with E-state index in [1.54, 1.807) is 49.6 Å². The molecule has 1 aliphatic rings. The van der Waals surface area contributed by atoms with E-state index in [1.807, 2.05) is 50.2 Å². The highest BCUT2D eigenvalue weighted by Gasteiger charge is 2.40. The zero-order valence-corrected chi connectivity index (χ0v) is 19.6. The van der Waals surface area contributed by atoms with Crippen LogP contribution in [-0.2, 0) is 9.59 Å². The number of aryl methyl sites for hydroxylation is 1. The van der Waals surface area contributed by atoms with Crippen LogP contribution in [0.2, 0.25) is 5.02 Å². The van der Waals surface area contributed by atoms with Gasteiger partial charge in [-0.05, 0) is 66.6 Å². The highest BCUT2D eigenvalue weighted by atomic mass is 35.5. The predicted molar refractivity (Wildman–Crippen MR) is 133 cm³/mol. The van der Waals surface area contributed by atoms with Gasteiger partial charge in [0.15, 0.2) is 0 Å². The van der Waals surface area contributed by atoms with Gasteiger partial charge in [0.05, 0.1) is 18.4 Å². The fraction of sp³-hybridized carbons (Fsp3) is 0.154. The molecule has 0 saturated heterocycles. The summed E-state index contributed by atoms with van der Waals surface area (Å²) in [4.78, 5) is 30.2. The third kappa shape index (κ3) is 4.30. The van der Waals surface area contributed by atoms with Crippen molar-refractivity contribution >= 4 is 46.1 Å². The van der Waals surface area contributed by atoms with Gasteiger partial charge in [-0.15, -0.1) is 0 Å². The van der Waals surface area contributed by atoms with Crippen molar-refractivity contribution in [3.05, 3.63) is 88.6 Å². The monoisotopic (exact) mass is 461 g/mol. The van der Waals surface area contributed by atoms with Crippen LogP contribution >= 0.6 is 11.6 Å². The summed E-state index contributed by atoms with van der Waals surface area (Å²) in [6, 6.07) is 19.8. The maximum absolute atomic E-state index is 13.5. The molecule has 3 aromatic carbocycles. The van der Waals surface area contributed by atoms with Gasteiger partial charge in [0.25, 0.3) is 11.8 Å². The van der Waals surface area contributed by atoms with E-state index in [0.717, 1.165) is 16.2 Å². The van der Waals surface area contributed by atoms with E-state index >= 15 is 0 Å². The first-order valence-corrected chi connectivity index (χ1v) is 10.8. The lowest BCUT2D eigenvalue weighted by atomic mass is 10.0. The summed E-state index contributed by atoms with van der Waals surface area (Å²) in [5.41, 5.74) is 4.12. The zero-order chi connectivity index (χ0) is 23.7. The standard InChI is InChI=1S/C26H24ClN3O3/c1-16-5-10-20(15-22(16)27)30-25(31)23(17-6-13-21(33-4)14-7-17)24(26(30)32)28-18-8-11-19(12-9-18)29(2)3/h5-15,28H,1-4H3. The van der Waals surface area contributed by atoms with Crippen molar-refractivity contribution in [2.24, 2.45) is 0 Å². The van der Waals surface area contributed by atoms with Crippen LogP contribution in [0.1, 0.15) is 11.1 Å². The van der Waals surface area contributed by atoms with Crippen molar-refractivity contribution in [2.75, 3.05) is 36.3 Å². The van der Waals surface area contributed by atoms with Gasteiger partial charge in [-0.1, -0.05) is 29.8 Å². The van der Waals surface area contributed by atoms with Crippen LogP contribution in [-0.4, -0.2) is 33.0 Å². The smallest absolute Gasteiger partial charge is 0.282 e. The molecule has 1 heterocycles. The van der Waals surface area contributed by atoms with Crippen molar-refractivity contribution in [1.82, 2.24) is 0 Å². The Morgan fingerprint density at radius 1 is 0.909 bits per heavy atom. The average Bonchev–Trinajstić information content (AvgIpc) is 3.05. The number of imide groups is 1. The van der Waals surface area contributed by atoms with E-state index < -0.39 is 11.8 Å². The molecule has 7 heteroatoms. The van der Waals surface area contributed by atoms with Crippen LogP contribution in [0, 0.1) is 6.92 Å². The summed E-state index contributed by atoms with van der Waals surface area (Å²) in [6.45, 7) is 1.87. The molecular weight excluding hydrogens is 438 g/mol. The number of hydrogen-bond donors (Lipinski definition) is 1. The predicted octanol–water partition coefficient (Wildman–Crippen LogP) is 5.12. The van der Waals surface area contributed by atoms with Gasteiger partial charge in [-0.2, -0.15) is 0 Å². The Morgan fingerprint density at radius 3 is 2.15 bits per heavy atom. The molecule has 0 fully saturated rings. The summed E-state index contributed by atoms with van der Waals surface area (Å²) in [5, 5.41) is 3.66. The lowest BCUT2D eigenvalue weighted by molar-refractivity contribution is -0.120. The van der Waals surface area contributed by atoms with Crippen molar-refractivity contribution < 1.29 is 14.3 Å². The number of methoxy groups -OCH3 is 1. The summed E-state index contributed by atoms with van der Waals surface area (Å²) in [7, 11) is 5.48. The average molecular weight is 462 g/mol. The van der Waals surface area contributed by atoms with Crippen LogP contribution in [0.5, 0.6) is 5.75 Å². The van der Waals surface area contributed by atoms with Crippen molar-refractivity contribution in [3.63, 3.8) is 0 Å². The van der Waals surface area contributed by atoms with Gasteiger partial charge in [-0.3, -0.25) is 9.59 Å². The molecule has 4 rings (SSSR count). The highest BCUT2D eigenvalue weighted by Crippen LogP contribution is 2.35. The van der Waals surface area contributed by atoms with E-state index in [9.17, 15) is 9.59 Å². The molecule has 1 N–H and O–H groups in total. The Kier molecular flexibility index (Phi) is 6.11. The quantitative estimate of drug-likeness (QED) is 0.516. The van der Waals surface area contributed by atoms with E-state index in [4.69, 9.17) is 16.3 Å². The number of amides is 2. The molecule has 33 heavy (non-hydrogen) atoms. The van der Waals surface area contributed by atoms with E-state index in [-0.39, 0.29) is 11.3 Å². The molecule has 1 aliphatic heterocycles. The Labute approximate surface area is 198 Å². The summed E-state index contributed by atoms with van der Waals surface area (Å²) >= 11 is 6.28. The fourth-order valence-electron chi connectivity index (χ4n) is 3.61. The largest absolute Gasteiger partial charge is 0.497 e. The molecule has 168 valence electrons. The maximum atomic E-state index is 13.5. The Bertz CT molecular complexity index is 1250. The molecule has 0 aliphatic carbocycles. The van der Waals surface area contributed by atoms with Gasteiger partial charge in [0, 0.05) is 30.5 Å². The van der Waals surface area contributed by atoms with Crippen LogP contribution in [0.15, 0.2) is 72.4 Å². The van der Waals surface area contributed by atoms with Crippen molar-refractivity contribution in [1.29, 1.82) is 0 Å². The fourth-order valence-corrected chi connectivity index (χ4v) is 3.79. The second-order valence-corrected chi connectivity index (χ2v) is 8.33. The Hall–Kier alpha value is -3.77. The van der Waals surface area contributed by atoms with Crippen molar-refractivity contribution in [2.45, 2.75) is 6.92 Å². The van der Waals surface area contributed by atoms with Crippen molar-refractivity contribution in [3.8, 4) is 5.75 Å². The van der Waals surface area contributed by atoms with E-state index in [0.29, 0.717) is 27.7 Å². The molecule has 3 aromatic rings. The lowest BCUT2D eigenvalue weighted by Crippen LogP contribution is -2.32. The molecule has 0 saturated carbocycles. The van der Waals surface area contributed by atoms with Crippen LogP contribution in [0.25, 0.3) is 5.57 Å². The molecule has 0 unspecified atom stereocenters. The van der Waals surface area contributed by atoms with Gasteiger partial charge in [0.1, 0.15) is 11.4 Å². The number of nitrogens with one attached hydrogen (secondary N) is 1. The highest BCUT2D eigenvalue weighted by molar-refractivity contribution is 6.46. The van der Waals surface area contributed by atoms with Gasteiger partial charge in [-0.25, -0.2) is 4.90 Å². The molecular formula is C26H24ClN3O3. The Morgan fingerprint density at radius 2 is 1.58 bits per heavy atom. The molecule has 0 radical (unpaired) electrons. The molecule has 0 bridgehead atoms. The summed E-state index contributed by atoms with van der Waals surface area (Å²) in [5.74, 6) is -0.202. The second kappa shape index (κ2) is 9.00. The number of anilines is 3. The number of carbonyl (C=O) groups is 2. The molecule has 2 amide bonds. The van der Waals surface area contributed by atoms with Gasteiger partial charge < -0.3 is 15.0 Å². The Balaban J connectivity index is 1.78. The number of ether oxygens (including phenoxy) is 1. The van der Waals surface area contributed by atoms with Crippen LogP contribution in [0.3, 0.4) is 0 Å². The van der Waals surface area contributed by atoms with Gasteiger partial charge in [0.2, 0.25) is 0 Å².